The van der Waals surface area contributed by atoms with Gasteiger partial charge in [0.1, 0.15) is 5.75 Å². The van der Waals surface area contributed by atoms with E-state index in [1.54, 1.807) is 48.5 Å². The van der Waals surface area contributed by atoms with Crippen LogP contribution in [0.2, 0.25) is 0 Å². The van der Waals surface area contributed by atoms with E-state index in [1.807, 2.05) is 19.1 Å². The van der Waals surface area contributed by atoms with Crippen LogP contribution in [-0.2, 0) is 9.53 Å². The number of benzene rings is 2. The second-order valence-corrected chi connectivity index (χ2v) is 6.50. The lowest BCUT2D eigenvalue weighted by Gasteiger charge is -2.18. The van der Waals surface area contributed by atoms with Gasteiger partial charge < -0.3 is 19.2 Å². The van der Waals surface area contributed by atoms with Gasteiger partial charge in [-0.05, 0) is 47.1 Å². The number of esters is 1. The largest absolute Gasteiger partial charge is 0.492 e. The van der Waals surface area contributed by atoms with Crippen LogP contribution in [-0.4, -0.2) is 18.5 Å². The average molecular weight is 444 g/mol. The molecule has 144 valence electrons. The van der Waals surface area contributed by atoms with Crippen LogP contribution in [0.25, 0.3) is 0 Å². The molecule has 3 aromatic rings. The highest BCUT2D eigenvalue weighted by atomic mass is 79.9. The van der Waals surface area contributed by atoms with Gasteiger partial charge >= 0.3 is 5.97 Å². The number of furan rings is 1. The number of rotatable bonds is 7. The molecule has 3 rings (SSSR count). The van der Waals surface area contributed by atoms with Crippen molar-refractivity contribution in [3.63, 3.8) is 0 Å². The number of nitrogens with one attached hydrogen (secondary N) is 1. The highest BCUT2D eigenvalue weighted by Crippen LogP contribution is 2.27. The fourth-order valence-corrected chi connectivity index (χ4v) is 2.85. The molecule has 0 unspecified atom stereocenters. The molecule has 0 radical (unpaired) electrons. The minimum atomic E-state index is -1.16. The van der Waals surface area contributed by atoms with E-state index in [-0.39, 0.29) is 5.76 Å². The molecule has 2 aromatic carbocycles. The molecule has 0 fully saturated rings. The van der Waals surface area contributed by atoms with E-state index in [2.05, 4.69) is 21.2 Å². The molecule has 0 aliphatic heterocycles. The van der Waals surface area contributed by atoms with Crippen LogP contribution in [0.1, 0.15) is 29.1 Å². The predicted octanol–water partition coefficient (Wildman–Crippen LogP) is 4.98. The number of carbonyl (C=O) groups is 2. The number of ether oxygens (including phenoxy) is 2. The van der Waals surface area contributed by atoms with Gasteiger partial charge in [0.25, 0.3) is 5.91 Å². The smallest absolute Gasteiger partial charge is 0.375 e. The summed E-state index contributed by atoms with van der Waals surface area (Å²) in [4.78, 5) is 25.4. The van der Waals surface area contributed by atoms with Crippen LogP contribution in [0.15, 0.2) is 75.8 Å². The van der Waals surface area contributed by atoms with E-state index in [4.69, 9.17) is 13.9 Å². The van der Waals surface area contributed by atoms with Crippen LogP contribution in [0.5, 0.6) is 5.75 Å². The highest BCUT2D eigenvalue weighted by molar-refractivity contribution is 9.10. The van der Waals surface area contributed by atoms with Gasteiger partial charge in [0.05, 0.1) is 12.3 Å². The molecular formula is C21H18BrNO5. The first kappa shape index (κ1) is 19.7. The monoisotopic (exact) mass is 443 g/mol. The SMILES string of the molecule is CCOc1ccccc1NC(=O)[C@@H](OC(=O)c1ccc(Br)o1)c1ccccc1. The zero-order valence-electron chi connectivity index (χ0n) is 15.1. The fourth-order valence-electron chi connectivity index (χ4n) is 2.54. The van der Waals surface area contributed by atoms with Gasteiger partial charge in [-0.2, -0.15) is 0 Å². The van der Waals surface area contributed by atoms with Gasteiger partial charge in [-0.1, -0.05) is 42.5 Å². The molecule has 1 aromatic heterocycles. The van der Waals surface area contributed by atoms with Gasteiger partial charge in [0.15, 0.2) is 4.67 Å². The molecule has 1 amide bonds. The van der Waals surface area contributed by atoms with E-state index in [0.717, 1.165) is 0 Å². The molecule has 1 heterocycles. The van der Waals surface area contributed by atoms with Crippen molar-refractivity contribution in [2.24, 2.45) is 0 Å². The Labute approximate surface area is 170 Å². The molecule has 0 spiro atoms. The zero-order chi connectivity index (χ0) is 19.9. The van der Waals surface area contributed by atoms with Crippen molar-refractivity contribution in [1.29, 1.82) is 0 Å². The Morgan fingerprint density at radius 1 is 1.04 bits per heavy atom. The Morgan fingerprint density at radius 2 is 1.75 bits per heavy atom. The normalized spacial score (nSPS) is 11.5. The summed E-state index contributed by atoms with van der Waals surface area (Å²) in [6, 6.07) is 18.9. The van der Waals surface area contributed by atoms with Crippen LogP contribution in [0, 0.1) is 0 Å². The Morgan fingerprint density at radius 3 is 2.43 bits per heavy atom. The summed E-state index contributed by atoms with van der Waals surface area (Å²) in [5.74, 6) is -0.716. The lowest BCUT2D eigenvalue weighted by atomic mass is 10.1. The maximum Gasteiger partial charge on any atom is 0.375 e. The third-order valence-corrected chi connectivity index (χ3v) is 4.21. The topological polar surface area (TPSA) is 77.8 Å². The quantitative estimate of drug-likeness (QED) is 0.521. The van der Waals surface area contributed by atoms with Gasteiger partial charge in [-0.3, -0.25) is 4.79 Å². The van der Waals surface area contributed by atoms with Crippen LogP contribution < -0.4 is 10.1 Å². The number of anilines is 1. The van der Waals surface area contributed by atoms with Crippen molar-refractivity contribution >= 4 is 33.5 Å². The van der Waals surface area contributed by atoms with E-state index in [9.17, 15) is 9.59 Å². The maximum absolute atomic E-state index is 13.0. The first-order valence-electron chi connectivity index (χ1n) is 8.62. The first-order chi connectivity index (χ1) is 13.6. The molecule has 7 heteroatoms. The van der Waals surface area contributed by atoms with Crippen molar-refractivity contribution < 1.29 is 23.5 Å². The lowest BCUT2D eigenvalue weighted by molar-refractivity contribution is -0.125. The van der Waals surface area contributed by atoms with Crippen molar-refractivity contribution in [3.8, 4) is 5.75 Å². The van der Waals surface area contributed by atoms with E-state index < -0.39 is 18.0 Å². The molecule has 6 nitrogen and oxygen atoms in total. The summed E-state index contributed by atoms with van der Waals surface area (Å²) in [5.41, 5.74) is 1.03. The third kappa shape index (κ3) is 4.80. The Hall–Kier alpha value is -3.06. The molecule has 1 atom stereocenters. The van der Waals surface area contributed by atoms with Crippen molar-refractivity contribution in [1.82, 2.24) is 0 Å². The molecule has 0 bridgehead atoms. The van der Waals surface area contributed by atoms with Gasteiger partial charge in [-0.15, -0.1) is 0 Å². The third-order valence-electron chi connectivity index (χ3n) is 3.78. The highest BCUT2D eigenvalue weighted by Gasteiger charge is 2.27. The average Bonchev–Trinajstić information content (AvgIpc) is 3.15. The van der Waals surface area contributed by atoms with Gasteiger partial charge in [0.2, 0.25) is 11.9 Å². The molecule has 0 aliphatic carbocycles. The molecule has 0 saturated carbocycles. The van der Waals surface area contributed by atoms with E-state index in [0.29, 0.717) is 28.3 Å². The summed E-state index contributed by atoms with van der Waals surface area (Å²) >= 11 is 3.14. The fraction of sp³-hybridized carbons (Fsp3) is 0.143. The van der Waals surface area contributed by atoms with Gasteiger partial charge in [0, 0.05) is 5.56 Å². The van der Waals surface area contributed by atoms with E-state index >= 15 is 0 Å². The Balaban J connectivity index is 1.85. The second kappa shape index (κ2) is 9.23. The van der Waals surface area contributed by atoms with Crippen LogP contribution in [0.4, 0.5) is 5.69 Å². The number of amides is 1. The number of carbonyl (C=O) groups excluding carboxylic acids is 2. The standard InChI is InChI=1S/C21H18BrNO5/c1-2-26-16-11-7-6-10-15(16)23-20(24)19(14-8-4-3-5-9-14)28-21(25)17-12-13-18(22)27-17/h3-13,19H,2H2,1H3,(H,23,24)/t19-/m0/s1. The Bertz CT molecular complexity index is 954. The lowest BCUT2D eigenvalue weighted by Crippen LogP contribution is -2.26. The number of hydrogen-bond donors (Lipinski definition) is 1. The summed E-state index contributed by atoms with van der Waals surface area (Å²) in [5, 5.41) is 2.77. The van der Waals surface area contributed by atoms with Gasteiger partial charge in [-0.25, -0.2) is 4.79 Å². The second-order valence-electron chi connectivity index (χ2n) is 5.72. The number of para-hydroxylation sites is 2. The number of hydrogen-bond acceptors (Lipinski definition) is 5. The number of halogens is 1. The zero-order valence-corrected chi connectivity index (χ0v) is 16.6. The maximum atomic E-state index is 13.0. The molecule has 1 N–H and O–H groups in total. The van der Waals surface area contributed by atoms with E-state index in [1.165, 1.54) is 6.07 Å². The van der Waals surface area contributed by atoms with Crippen LogP contribution in [0.3, 0.4) is 0 Å². The molecule has 0 aliphatic rings. The van der Waals surface area contributed by atoms with Crippen molar-refractivity contribution in [3.05, 3.63) is 82.7 Å². The summed E-state index contributed by atoms with van der Waals surface area (Å²) in [7, 11) is 0. The summed E-state index contributed by atoms with van der Waals surface area (Å²) in [6.45, 7) is 2.31. The molecule has 0 saturated heterocycles. The minimum Gasteiger partial charge on any atom is -0.492 e. The minimum absolute atomic E-state index is 0.00433. The van der Waals surface area contributed by atoms with Crippen LogP contribution >= 0.6 is 15.9 Å². The Kier molecular flexibility index (Phi) is 6.49. The predicted molar refractivity (Wildman–Crippen MR) is 107 cm³/mol. The molecule has 28 heavy (non-hydrogen) atoms. The first-order valence-corrected chi connectivity index (χ1v) is 9.41. The van der Waals surface area contributed by atoms with Crippen molar-refractivity contribution in [2.75, 3.05) is 11.9 Å². The molecular weight excluding hydrogens is 426 g/mol. The summed E-state index contributed by atoms with van der Waals surface area (Å²) in [6.07, 6.45) is -1.16. The van der Waals surface area contributed by atoms with Crippen molar-refractivity contribution in [2.45, 2.75) is 13.0 Å². The summed E-state index contributed by atoms with van der Waals surface area (Å²) < 4.78 is 16.6.